The molecule has 1 saturated heterocycles. The van der Waals surface area contributed by atoms with Crippen molar-refractivity contribution in [1.82, 2.24) is 5.32 Å². The van der Waals surface area contributed by atoms with E-state index in [2.05, 4.69) is 5.32 Å². The zero-order valence-corrected chi connectivity index (χ0v) is 35.8. The van der Waals surface area contributed by atoms with Gasteiger partial charge in [0.15, 0.2) is 5.78 Å². The van der Waals surface area contributed by atoms with Crippen molar-refractivity contribution in [2.24, 2.45) is 47.3 Å². The maximum Gasteiger partial charge on any atom is 0.259 e. The van der Waals surface area contributed by atoms with Crippen LogP contribution in [0.25, 0.3) is 0 Å². The molecule has 15 heteroatoms. The zero-order valence-electron chi connectivity index (χ0n) is 35.8. The van der Waals surface area contributed by atoms with E-state index in [1.165, 1.54) is 20.8 Å². The lowest BCUT2D eigenvalue weighted by molar-refractivity contribution is -0.117. The van der Waals surface area contributed by atoms with Crippen LogP contribution in [0.3, 0.4) is 0 Å². The molecule has 1 amide bonds. The summed E-state index contributed by atoms with van der Waals surface area (Å²) in [6.45, 7) is 18.1. The van der Waals surface area contributed by atoms with Gasteiger partial charge in [-0.15, -0.1) is 0 Å². The molecule has 1 aliphatic heterocycles. The van der Waals surface area contributed by atoms with Crippen LogP contribution in [-0.4, -0.2) is 146 Å². The topological polar surface area (TPSA) is 289 Å². The monoisotopic (exact) mass is 820 g/mol. The summed E-state index contributed by atoms with van der Waals surface area (Å²) in [7, 11) is 0. The van der Waals surface area contributed by atoms with E-state index in [0.717, 1.165) is 0 Å². The number of amides is 1. The molecule has 0 aromatic carbocycles. The number of hydrogen-bond donors (Lipinski definition) is 13. The van der Waals surface area contributed by atoms with Crippen LogP contribution in [-0.2, 0) is 9.59 Å². The number of allylic oxidation sites excluding steroid dienone is 2. The molecule has 13 N–H and O–H groups in total. The highest BCUT2D eigenvalue weighted by atomic mass is 16.3. The van der Waals surface area contributed by atoms with Gasteiger partial charge in [0.05, 0.1) is 73.2 Å². The number of carbonyl (C=O) groups excluding carboxylic acids is 2. The van der Waals surface area contributed by atoms with Gasteiger partial charge in [-0.2, -0.15) is 0 Å². The fraction of sp³-hybridized carbons (Fsp3) is 0.857. The number of Topliss-reactive ketones (excluding diaryl/α,β-unsaturated/α-hetero) is 1. The van der Waals surface area contributed by atoms with E-state index in [1.54, 1.807) is 47.6 Å². The van der Waals surface area contributed by atoms with Gasteiger partial charge in [-0.05, 0) is 69.3 Å². The highest BCUT2D eigenvalue weighted by Gasteiger charge is 2.40. The summed E-state index contributed by atoms with van der Waals surface area (Å²) in [5.74, 6) is -6.17. The van der Waals surface area contributed by atoms with E-state index >= 15 is 0 Å². The van der Waals surface area contributed by atoms with Gasteiger partial charge < -0.3 is 66.6 Å². The van der Waals surface area contributed by atoms with E-state index in [1.807, 2.05) is 13.8 Å². The molecular formula is C42H77NO14. The van der Waals surface area contributed by atoms with Crippen LogP contribution in [0.15, 0.2) is 23.0 Å². The molecule has 15 nitrogen and oxygen atoms in total. The summed E-state index contributed by atoms with van der Waals surface area (Å²) in [4.78, 5) is 24.4. The quantitative estimate of drug-likeness (QED) is 0.0346. The molecule has 1 aliphatic rings. The Bertz CT molecular complexity index is 1310. The average molecular weight is 820 g/mol. The van der Waals surface area contributed by atoms with Crippen LogP contribution in [0, 0.1) is 47.3 Å². The lowest BCUT2D eigenvalue weighted by Gasteiger charge is -2.36. The summed E-state index contributed by atoms with van der Waals surface area (Å²) in [6.07, 6.45) is -11.9. The Morgan fingerprint density at radius 1 is 0.561 bits per heavy atom. The lowest BCUT2D eigenvalue weighted by Crippen LogP contribution is -2.47. The van der Waals surface area contributed by atoms with Gasteiger partial charge in [-0.3, -0.25) is 9.59 Å². The highest BCUT2D eigenvalue weighted by molar-refractivity contribution is 6.27. The Morgan fingerprint density at radius 2 is 0.982 bits per heavy atom. The largest absolute Gasteiger partial charge is 0.507 e. The number of rotatable bonds is 25. The van der Waals surface area contributed by atoms with E-state index < -0.39 is 114 Å². The number of nitrogens with one attached hydrogen (secondary N) is 1. The van der Waals surface area contributed by atoms with Gasteiger partial charge in [-0.1, -0.05) is 68.4 Å². The first-order valence-corrected chi connectivity index (χ1v) is 20.6. The van der Waals surface area contributed by atoms with Crippen molar-refractivity contribution in [3.8, 4) is 0 Å². The molecule has 0 spiro atoms. The third kappa shape index (κ3) is 15.2. The Hall–Kier alpha value is -2.02. The third-order valence-electron chi connectivity index (χ3n) is 12.3. The Labute approximate surface area is 339 Å². The fourth-order valence-electron chi connectivity index (χ4n) is 7.99. The molecule has 19 atom stereocenters. The minimum absolute atomic E-state index is 0.127. The number of aliphatic hydroxyl groups excluding tert-OH is 12. The second-order valence-electron chi connectivity index (χ2n) is 17.9. The van der Waals surface area contributed by atoms with Crippen molar-refractivity contribution in [3.63, 3.8) is 0 Å². The summed E-state index contributed by atoms with van der Waals surface area (Å²) in [6, 6.07) is -0.712. The Balaban J connectivity index is 2.70. The van der Waals surface area contributed by atoms with Crippen LogP contribution in [0.4, 0.5) is 0 Å². The van der Waals surface area contributed by atoms with Gasteiger partial charge in [0.2, 0.25) is 0 Å². The van der Waals surface area contributed by atoms with Crippen molar-refractivity contribution >= 4 is 11.7 Å². The van der Waals surface area contributed by atoms with E-state index in [4.69, 9.17) is 0 Å². The number of aliphatic hydroxyl groups is 12. The van der Waals surface area contributed by atoms with Crippen molar-refractivity contribution in [3.05, 3.63) is 23.0 Å². The van der Waals surface area contributed by atoms with Gasteiger partial charge in [-0.25, -0.2) is 0 Å². The molecule has 0 aromatic heterocycles. The SMILES string of the molecule is CC(=C\C(C)CC(C)C[C@H](O)[C@@H](O)[C@H](C)[C@@H](O)[C@@H](C)[C@@H](O)[C@H](C)[C@@H](O)C[C@@H](O)C[C@@H](O)C[C@@H](O)[C@H](C)[C@H](O)[C@@H](C)[C@H](O)[C@H](O)C(C)C)/C(O)=C1\C(=O)NC(C)C1=O. The summed E-state index contributed by atoms with van der Waals surface area (Å²) in [5.41, 5.74) is 0.0912. The van der Waals surface area contributed by atoms with Crippen LogP contribution >= 0.6 is 0 Å². The maximum absolute atomic E-state index is 12.3. The van der Waals surface area contributed by atoms with Crippen molar-refractivity contribution in [2.75, 3.05) is 0 Å². The molecule has 0 aliphatic carbocycles. The van der Waals surface area contributed by atoms with Crippen molar-refractivity contribution < 1.29 is 70.9 Å². The average Bonchev–Trinajstić information content (AvgIpc) is 3.39. The van der Waals surface area contributed by atoms with Crippen LogP contribution < -0.4 is 5.32 Å². The second kappa shape index (κ2) is 23.7. The first-order valence-electron chi connectivity index (χ1n) is 20.6. The second-order valence-corrected chi connectivity index (χ2v) is 17.9. The number of hydrogen-bond acceptors (Lipinski definition) is 14. The molecule has 1 heterocycles. The van der Waals surface area contributed by atoms with Gasteiger partial charge >= 0.3 is 0 Å². The predicted octanol–water partition coefficient (Wildman–Crippen LogP) is 0.861. The van der Waals surface area contributed by atoms with Gasteiger partial charge in [0.25, 0.3) is 5.91 Å². The maximum atomic E-state index is 12.3. The van der Waals surface area contributed by atoms with Crippen LogP contribution in [0.1, 0.15) is 108 Å². The standard InChI is InChI=1S/C42H77NO14/c1-18(2)34(49)40(55)26(10)37(52)23(7)31(47)17-29(45)15-28(44)16-30(46)22(6)36(51)24(8)38(53)25(9)39(54)32(48)14-20(4)12-19(3)13-21(5)35(50)33-41(56)27(11)43-42(33)57/h13,18-20,22-32,34,36-40,44-55H,12,14-17H2,1-11H3,(H,43,57)/b21-13+,35-33+/t19?,20?,22-,23+,24+,25-,26-,27?,28+,29-,30+,31-,32+,34-,36+,37+,38+,39+,40+/m1/s1. The number of ketones is 1. The molecule has 334 valence electrons. The van der Waals surface area contributed by atoms with Crippen LogP contribution in [0.2, 0.25) is 0 Å². The minimum Gasteiger partial charge on any atom is -0.507 e. The first-order chi connectivity index (χ1) is 26.1. The highest BCUT2D eigenvalue weighted by Crippen LogP contribution is 2.31. The first kappa shape index (κ1) is 53.0. The molecule has 1 fully saturated rings. The molecule has 0 radical (unpaired) electrons. The molecule has 0 saturated carbocycles. The summed E-state index contributed by atoms with van der Waals surface area (Å²) in [5, 5.41) is 131. The predicted molar refractivity (Wildman–Crippen MR) is 214 cm³/mol. The van der Waals surface area contributed by atoms with Crippen molar-refractivity contribution in [2.45, 2.75) is 181 Å². The molecule has 57 heavy (non-hydrogen) atoms. The Morgan fingerprint density at radius 3 is 1.40 bits per heavy atom. The van der Waals surface area contributed by atoms with Gasteiger partial charge in [0.1, 0.15) is 11.3 Å². The van der Waals surface area contributed by atoms with Crippen molar-refractivity contribution in [1.29, 1.82) is 0 Å². The normalized spacial score (nSPS) is 26.1. The third-order valence-corrected chi connectivity index (χ3v) is 12.3. The van der Waals surface area contributed by atoms with Crippen LogP contribution in [0.5, 0.6) is 0 Å². The number of carbonyl (C=O) groups is 2. The Kier molecular flexibility index (Phi) is 22.0. The molecular weight excluding hydrogens is 742 g/mol. The van der Waals surface area contributed by atoms with E-state index in [9.17, 15) is 70.9 Å². The summed E-state index contributed by atoms with van der Waals surface area (Å²) < 4.78 is 0. The molecule has 0 bridgehead atoms. The minimum atomic E-state index is -1.37. The molecule has 3 unspecified atom stereocenters. The van der Waals surface area contributed by atoms with E-state index in [-0.39, 0.29) is 54.8 Å². The molecule has 1 rings (SSSR count). The zero-order chi connectivity index (χ0) is 44.4. The van der Waals surface area contributed by atoms with Gasteiger partial charge in [0, 0.05) is 29.6 Å². The lowest BCUT2D eigenvalue weighted by atomic mass is 9.78. The molecule has 0 aromatic rings. The van der Waals surface area contributed by atoms with E-state index in [0.29, 0.717) is 12.0 Å². The summed E-state index contributed by atoms with van der Waals surface area (Å²) >= 11 is 0. The fourth-order valence-corrected chi connectivity index (χ4v) is 7.99. The smallest absolute Gasteiger partial charge is 0.259 e.